The van der Waals surface area contributed by atoms with Crippen LogP contribution < -0.4 is 10.6 Å². The van der Waals surface area contributed by atoms with Crippen LogP contribution in [-0.2, 0) is 9.53 Å². The number of hydrogen-bond acceptors (Lipinski definition) is 6. The third kappa shape index (κ3) is 4.77. The van der Waals surface area contributed by atoms with E-state index in [1.807, 2.05) is 11.4 Å². The summed E-state index contributed by atoms with van der Waals surface area (Å²) in [4.78, 5) is 39.8. The fourth-order valence-electron chi connectivity index (χ4n) is 1.87. The van der Waals surface area contributed by atoms with Gasteiger partial charge in [0.15, 0.2) is 6.10 Å². The Hall–Kier alpha value is -2.45. The Morgan fingerprint density at radius 3 is 2.68 bits per heavy atom. The minimum atomic E-state index is -1.12. The SMILES string of the molecule is CNC(=O)NC(=O)[C@@H](C)OC(=O)c1sc(-c2cccc(Cl)c2)nc1C. The number of nitrogens with one attached hydrogen (secondary N) is 2. The summed E-state index contributed by atoms with van der Waals surface area (Å²) >= 11 is 7.12. The lowest BCUT2D eigenvalue weighted by Crippen LogP contribution is -2.43. The molecule has 2 rings (SSSR count). The van der Waals surface area contributed by atoms with Crippen molar-refractivity contribution in [2.75, 3.05) is 7.05 Å². The number of amides is 3. The molecule has 2 aromatic rings. The van der Waals surface area contributed by atoms with E-state index in [2.05, 4.69) is 10.3 Å². The molecule has 0 radical (unpaired) electrons. The van der Waals surface area contributed by atoms with Crippen LogP contribution in [0.3, 0.4) is 0 Å². The highest BCUT2D eigenvalue weighted by Gasteiger charge is 2.24. The van der Waals surface area contributed by atoms with Crippen LogP contribution in [0.1, 0.15) is 22.3 Å². The number of hydrogen-bond donors (Lipinski definition) is 2. The first-order valence-electron chi connectivity index (χ1n) is 7.28. The van der Waals surface area contributed by atoms with Gasteiger partial charge >= 0.3 is 12.0 Å². The number of rotatable bonds is 4. The summed E-state index contributed by atoms with van der Waals surface area (Å²) in [5, 5.41) is 5.47. The summed E-state index contributed by atoms with van der Waals surface area (Å²) in [7, 11) is 1.37. The molecule has 132 valence electrons. The molecule has 1 aromatic heterocycles. The zero-order chi connectivity index (χ0) is 18.6. The predicted molar refractivity (Wildman–Crippen MR) is 94.8 cm³/mol. The first-order chi connectivity index (χ1) is 11.8. The number of nitrogens with zero attached hydrogens (tertiary/aromatic N) is 1. The Morgan fingerprint density at radius 2 is 2.04 bits per heavy atom. The van der Waals surface area contributed by atoms with Crippen LogP contribution in [0.2, 0.25) is 5.02 Å². The monoisotopic (exact) mass is 381 g/mol. The minimum absolute atomic E-state index is 0.287. The standard InChI is InChI=1S/C16H16ClN3O4S/c1-8-12(15(22)24-9(2)13(21)20-16(23)18-3)25-14(19-8)10-5-4-6-11(17)7-10/h4-7,9H,1-3H3,(H2,18,20,21,23)/t9-/m1/s1. The third-order valence-electron chi connectivity index (χ3n) is 3.17. The van der Waals surface area contributed by atoms with Crippen molar-refractivity contribution >= 4 is 40.8 Å². The van der Waals surface area contributed by atoms with Crippen molar-refractivity contribution in [2.45, 2.75) is 20.0 Å². The summed E-state index contributed by atoms with van der Waals surface area (Å²) in [5.74, 6) is -1.40. The highest BCUT2D eigenvalue weighted by atomic mass is 35.5. The summed E-state index contributed by atoms with van der Waals surface area (Å²) in [6.45, 7) is 3.06. The number of aryl methyl sites for hydroxylation is 1. The number of esters is 1. The highest BCUT2D eigenvalue weighted by Crippen LogP contribution is 2.30. The molecular weight excluding hydrogens is 366 g/mol. The molecule has 0 bridgehead atoms. The molecule has 0 aliphatic rings. The normalized spacial score (nSPS) is 11.5. The lowest BCUT2D eigenvalue weighted by Gasteiger charge is -2.12. The average Bonchev–Trinajstić information content (AvgIpc) is 2.96. The molecule has 2 N–H and O–H groups in total. The van der Waals surface area contributed by atoms with Gasteiger partial charge in [-0.1, -0.05) is 23.7 Å². The molecule has 0 aliphatic carbocycles. The molecule has 1 aromatic carbocycles. The van der Waals surface area contributed by atoms with Crippen molar-refractivity contribution in [2.24, 2.45) is 0 Å². The molecule has 0 unspecified atom stereocenters. The molecule has 0 saturated heterocycles. The van der Waals surface area contributed by atoms with Crippen molar-refractivity contribution in [3.63, 3.8) is 0 Å². The van der Waals surface area contributed by atoms with Gasteiger partial charge in [-0.25, -0.2) is 14.6 Å². The highest BCUT2D eigenvalue weighted by molar-refractivity contribution is 7.17. The fraction of sp³-hybridized carbons (Fsp3) is 0.250. The van der Waals surface area contributed by atoms with Crippen LogP contribution in [0.4, 0.5) is 4.79 Å². The lowest BCUT2D eigenvalue weighted by atomic mass is 10.2. The van der Waals surface area contributed by atoms with E-state index in [-0.39, 0.29) is 4.88 Å². The summed E-state index contributed by atoms with van der Waals surface area (Å²) in [6.07, 6.45) is -1.12. The molecule has 0 fully saturated rings. The topological polar surface area (TPSA) is 97.4 Å². The van der Waals surface area contributed by atoms with Crippen molar-refractivity contribution in [3.05, 3.63) is 39.9 Å². The lowest BCUT2D eigenvalue weighted by molar-refractivity contribution is -0.127. The van der Waals surface area contributed by atoms with Gasteiger partial charge in [-0.3, -0.25) is 10.1 Å². The first-order valence-corrected chi connectivity index (χ1v) is 8.48. The molecule has 3 amide bonds. The largest absolute Gasteiger partial charge is 0.448 e. The van der Waals surface area contributed by atoms with E-state index in [0.29, 0.717) is 15.7 Å². The van der Waals surface area contributed by atoms with Crippen LogP contribution in [0.15, 0.2) is 24.3 Å². The van der Waals surface area contributed by atoms with E-state index in [1.165, 1.54) is 14.0 Å². The third-order valence-corrected chi connectivity index (χ3v) is 4.59. The second kappa shape index (κ2) is 8.09. The Bertz CT molecular complexity index is 821. The zero-order valence-electron chi connectivity index (χ0n) is 13.8. The molecule has 7 nitrogen and oxygen atoms in total. The molecule has 1 atom stereocenters. The second-order valence-corrected chi connectivity index (χ2v) is 6.50. The Kier molecular flexibility index (Phi) is 6.11. The first kappa shape index (κ1) is 18.9. The maximum Gasteiger partial charge on any atom is 0.351 e. The predicted octanol–water partition coefficient (Wildman–Crippen LogP) is 2.77. The maximum atomic E-state index is 12.3. The molecule has 25 heavy (non-hydrogen) atoms. The Morgan fingerprint density at radius 1 is 1.32 bits per heavy atom. The number of benzene rings is 1. The number of halogens is 1. The second-order valence-electron chi connectivity index (χ2n) is 5.06. The van der Waals surface area contributed by atoms with Crippen LogP contribution in [0.25, 0.3) is 10.6 Å². The number of carbonyl (C=O) groups is 3. The summed E-state index contributed by atoms with van der Waals surface area (Å²) < 4.78 is 5.11. The fourth-order valence-corrected chi connectivity index (χ4v) is 3.01. The van der Waals surface area contributed by atoms with Crippen molar-refractivity contribution in [1.82, 2.24) is 15.6 Å². The number of thiazole rings is 1. The summed E-state index contributed by atoms with van der Waals surface area (Å²) in [5.41, 5.74) is 1.27. The van der Waals surface area contributed by atoms with Crippen molar-refractivity contribution < 1.29 is 19.1 Å². The Balaban J connectivity index is 2.12. The van der Waals surface area contributed by atoms with Crippen LogP contribution in [0, 0.1) is 6.92 Å². The number of imide groups is 1. The van der Waals surface area contributed by atoms with Gasteiger partial charge in [-0.15, -0.1) is 11.3 Å². The molecule has 0 saturated carbocycles. The van der Waals surface area contributed by atoms with E-state index in [9.17, 15) is 14.4 Å². The molecule has 0 aliphatic heterocycles. The van der Waals surface area contributed by atoms with E-state index in [4.69, 9.17) is 16.3 Å². The quantitative estimate of drug-likeness (QED) is 0.793. The molecule has 1 heterocycles. The van der Waals surface area contributed by atoms with E-state index < -0.39 is 24.0 Å². The zero-order valence-corrected chi connectivity index (χ0v) is 15.3. The number of ether oxygens (including phenoxy) is 1. The van der Waals surface area contributed by atoms with Gasteiger partial charge in [-0.05, 0) is 26.0 Å². The maximum absolute atomic E-state index is 12.3. The molecule has 9 heteroatoms. The van der Waals surface area contributed by atoms with Crippen molar-refractivity contribution in [1.29, 1.82) is 0 Å². The number of aromatic nitrogens is 1. The van der Waals surface area contributed by atoms with Gasteiger partial charge in [0.2, 0.25) is 0 Å². The van der Waals surface area contributed by atoms with Gasteiger partial charge in [0.1, 0.15) is 9.88 Å². The van der Waals surface area contributed by atoms with Crippen LogP contribution >= 0.6 is 22.9 Å². The van der Waals surface area contributed by atoms with Gasteiger partial charge in [-0.2, -0.15) is 0 Å². The van der Waals surface area contributed by atoms with Crippen LogP contribution in [0.5, 0.6) is 0 Å². The molecule has 0 spiro atoms. The van der Waals surface area contributed by atoms with Gasteiger partial charge in [0.25, 0.3) is 5.91 Å². The average molecular weight is 382 g/mol. The van der Waals surface area contributed by atoms with Gasteiger partial charge in [0, 0.05) is 17.6 Å². The van der Waals surface area contributed by atoms with Gasteiger partial charge < -0.3 is 10.1 Å². The van der Waals surface area contributed by atoms with Crippen molar-refractivity contribution in [3.8, 4) is 10.6 Å². The minimum Gasteiger partial charge on any atom is -0.448 e. The van der Waals surface area contributed by atoms with E-state index in [1.54, 1.807) is 25.1 Å². The molecular formula is C16H16ClN3O4S. The van der Waals surface area contributed by atoms with Crippen LogP contribution in [-0.4, -0.2) is 36.0 Å². The number of carbonyl (C=O) groups excluding carboxylic acids is 3. The summed E-state index contributed by atoms with van der Waals surface area (Å²) in [6, 6.07) is 6.43. The Labute approximate surface area is 153 Å². The smallest absolute Gasteiger partial charge is 0.351 e. The van der Waals surface area contributed by atoms with E-state index >= 15 is 0 Å². The van der Waals surface area contributed by atoms with E-state index in [0.717, 1.165) is 16.9 Å². The number of urea groups is 1. The van der Waals surface area contributed by atoms with Gasteiger partial charge in [0.05, 0.1) is 5.69 Å².